The molecular formula is C31H19BrClN3. The third kappa shape index (κ3) is 3.15. The predicted octanol–water partition coefficient (Wildman–Crippen LogP) is 9.21. The molecule has 0 N–H and O–H groups in total. The van der Waals surface area contributed by atoms with Gasteiger partial charge in [-0.1, -0.05) is 78.3 Å². The summed E-state index contributed by atoms with van der Waals surface area (Å²) in [4.78, 5) is 5.15. The minimum absolute atomic E-state index is 0.654. The first-order chi connectivity index (χ1) is 17.7. The van der Waals surface area contributed by atoms with Crippen molar-refractivity contribution in [1.82, 2.24) is 14.1 Å². The van der Waals surface area contributed by atoms with Crippen LogP contribution in [0.1, 0.15) is 0 Å². The number of aromatic nitrogens is 3. The highest BCUT2D eigenvalue weighted by atomic mass is 79.9. The van der Waals surface area contributed by atoms with Crippen LogP contribution in [0.2, 0.25) is 5.02 Å². The first-order valence-electron chi connectivity index (χ1n) is 11.7. The van der Waals surface area contributed by atoms with Crippen LogP contribution >= 0.6 is 27.5 Å². The van der Waals surface area contributed by atoms with Crippen molar-refractivity contribution in [2.24, 2.45) is 0 Å². The lowest BCUT2D eigenvalue weighted by Crippen LogP contribution is -1.99. The molecular weight excluding hydrogens is 530 g/mol. The second-order valence-corrected chi connectivity index (χ2v) is 9.95. The van der Waals surface area contributed by atoms with Gasteiger partial charge in [0, 0.05) is 26.5 Å². The number of fused-ring (bicyclic) bond motifs is 4. The first-order valence-corrected chi connectivity index (χ1v) is 12.9. The lowest BCUT2D eigenvalue weighted by atomic mass is 10.1. The molecule has 5 aromatic carbocycles. The van der Waals surface area contributed by atoms with Gasteiger partial charge >= 0.3 is 0 Å². The van der Waals surface area contributed by atoms with E-state index in [1.165, 1.54) is 10.8 Å². The molecule has 0 saturated heterocycles. The van der Waals surface area contributed by atoms with Crippen molar-refractivity contribution in [3.63, 3.8) is 0 Å². The Balaban J connectivity index is 1.64. The number of nitrogens with zero attached hydrogens (tertiary/aromatic N) is 3. The topological polar surface area (TPSA) is 22.8 Å². The van der Waals surface area contributed by atoms with Gasteiger partial charge in [-0.05, 0) is 64.5 Å². The van der Waals surface area contributed by atoms with E-state index in [2.05, 4.69) is 104 Å². The molecule has 0 saturated carbocycles. The molecule has 36 heavy (non-hydrogen) atoms. The van der Waals surface area contributed by atoms with Gasteiger partial charge in [0.15, 0.2) is 0 Å². The van der Waals surface area contributed by atoms with Gasteiger partial charge < -0.3 is 4.57 Å². The standard InChI is InChI=1S/C31H19BrClN3/c32-23-14-9-19-28(30(23)33)36-26-17-7-5-15-24(26)34-31(36)22-13-8-18-27-29(22)21-12-4-6-16-25(21)35(27)20-10-2-1-3-11-20/h1-19H. The molecule has 0 amide bonds. The molecule has 3 nitrogen and oxygen atoms in total. The zero-order chi connectivity index (χ0) is 24.2. The van der Waals surface area contributed by atoms with Gasteiger partial charge in [0.25, 0.3) is 0 Å². The Labute approximate surface area is 221 Å². The Bertz CT molecular complexity index is 1920. The van der Waals surface area contributed by atoms with Crippen molar-refractivity contribution in [2.75, 3.05) is 0 Å². The second-order valence-electron chi connectivity index (χ2n) is 8.72. The maximum absolute atomic E-state index is 6.84. The minimum Gasteiger partial charge on any atom is -0.309 e. The fourth-order valence-corrected chi connectivity index (χ4v) is 5.74. The van der Waals surface area contributed by atoms with Crippen molar-refractivity contribution < 1.29 is 0 Å². The number of rotatable bonds is 3. The highest BCUT2D eigenvalue weighted by molar-refractivity contribution is 9.10. The summed E-state index contributed by atoms with van der Waals surface area (Å²) in [5.74, 6) is 0.859. The summed E-state index contributed by atoms with van der Waals surface area (Å²) in [5, 5.41) is 3.01. The van der Waals surface area contributed by atoms with E-state index in [4.69, 9.17) is 16.6 Å². The Hall–Kier alpha value is -3.86. The molecule has 0 bridgehead atoms. The quantitative estimate of drug-likeness (QED) is 0.216. The maximum Gasteiger partial charge on any atom is 0.146 e. The van der Waals surface area contributed by atoms with Gasteiger partial charge in [-0.15, -0.1) is 0 Å². The summed E-state index contributed by atoms with van der Waals surface area (Å²) in [7, 11) is 0. The number of hydrogen-bond donors (Lipinski definition) is 0. The molecule has 7 aromatic rings. The fraction of sp³-hybridized carbons (Fsp3) is 0. The Morgan fingerprint density at radius 1 is 0.611 bits per heavy atom. The van der Waals surface area contributed by atoms with Gasteiger partial charge in [-0.2, -0.15) is 0 Å². The number of benzene rings is 5. The monoisotopic (exact) mass is 547 g/mol. The van der Waals surface area contributed by atoms with Crippen LogP contribution in [0.3, 0.4) is 0 Å². The molecule has 7 rings (SSSR count). The van der Waals surface area contributed by atoms with Crippen molar-refractivity contribution in [1.29, 1.82) is 0 Å². The molecule has 0 aliphatic carbocycles. The average molecular weight is 549 g/mol. The third-order valence-electron chi connectivity index (χ3n) is 6.69. The van der Waals surface area contributed by atoms with Gasteiger partial charge in [0.05, 0.1) is 32.8 Å². The molecule has 0 unspecified atom stereocenters. The van der Waals surface area contributed by atoms with E-state index in [-0.39, 0.29) is 0 Å². The zero-order valence-electron chi connectivity index (χ0n) is 19.1. The van der Waals surface area contributed by atoms with Crippen molar-refractivity contribution >= 4 is 60.4 Å². The highest BCUT2D eigenvalue weighted by Crippen LogP contribution is 2.41. The van der Waals surface area contributed by atoms with Crippen molar-refractivity contribution in [3.05, 3.63) is 125 Å². The van der Waals surface area contributed by atoms with Gasteiger partial charge in [0.2, 0.25) is 0 Å². The van der Waals surface area contributed by atoms with Crippen LogP contribution in [0.5, 0.6) is 0 Å². The summed E-state index contributed by atoms with van der Waals surface area (Å²) < 4.78 is 5.35. The fourth-order valence-electron chi connectivity index (χ4n) is 5.18. The summed E-state index contributed by atoms with van der Waals surface area (Å²) in [6.07, 6.45) is 0. The molecule has 172 valence electrons. The highest BCUT2D eigenvalue weighted by Gasteiger charge is 2.22. The molecule has 0 fully saturated rings. The van der Waals surface area contributed by atoms with E-state index in [1.807, 2.05) is 36.4 Å². The Kier molecular flexibility index (Phi) is 4.98. The largest absolute Gasteiger partial charge is 0.309 e. The predicted molar refractivity (Wildman–Crippen MR) is 154 cm³/mol. The Morgan fingerprint density at radius 3 is 2.17 bits per heavy atom. The summed E-state index contributed by atoms with van der Waals surface area (Å²) >= 11 is 10.5. The minimum atomic E-state index is 0.654. The zero-order valence-corrected chi connectivity index (χ0v) is 21.4. The summed E-state index contributed by atoms with van der Waals surface area (Å²) in [6, 6.07) is 39.7. The van der Waals surface area contributed by atoms with Crippen molar-refractivity contribution in [3.8, 4) is 22.8 Å². The first kappa shape index (κ1) is 21.4. The number of halogens is 2. The van der Waals surface area contributed by atoms with E-state index < -0.39 is 0 Å². The molecule has 2 heterocycles. The van der Waals surface area contributed by atoms with Gasteiger partial charge in [-0.3, -0.25) is 4.57 Å². The van der Waals surface area contributed by atoms with Crippen LogP contribution in [0.4, 0.5) is 0 Å². The number of imidazole rings is 1. The maximum atomic E-state index is 6.84. The Morgan fingerprint density at radius 2 is 1.31 bits per heavy atom. The van der Waals surface area contributed by atoms with E-state index >= 15 is 0 Å². The third-order valence-corrected chi connectivity index (χ3v) is 7.97. The summed E-state index contributed by atoms with van der Waals surface area (Å²) in [5.41, 5.74) is 7.31. The summed E-state index contributed by atoms with van der Waals surface area (Å²) in [6.45, 7) is 0. The second kappa shape index (κ2) is 8.37. The van der Waals surface area contributed by atoms with Crippen LogP contribution in [0.25, 0.3) is 55.6 Å². The van der Waals surface area contributed by atoms with Crippen LogP contribution in [-0.4, -0.2) is 14.1 Å². The van der Waals surface area contributed by atoms with E-state index in [0.29, 0.717) is 5.02 Å². The SMILES string of the molecule is Clc1c(Br)cccc1-n1c(-c2cccc3c2c2ccccc2n3-c2ccccc2)nc2ccccc21. The molecule has 0 spiro atoms. The lowest BCUT2D eigenvalue weighted by Gasteiger charge is -2.13. The molecule has 0 atom stereocenters. The number of para-hydroxylation sites is 4. The molecule has 0 radical (unpaired) electrons. The molecule has 0 aliphatic heterocycles. The van der Waals surface area contributed by atoms with Crippen LogP contribution < -0.4 is 0 Å². The molecule has 2 aromatic heterocycles. The van der Waals surface area contributed by atoms with Crippen LogP contribution in [0, 0.1) is 0 Å². The van der Waals surface area contributed by atoms with Crippen LogP contribution in [-0.2, 0) is 0 Å². The van der Waals surface area contributed by atoms with E-state index in [0.717, 1.165) is 49.3 Å². The van der Waals surface area contributed by atoms with E-state index in [1.54, 1.807) is 0 Å². The molecule has 5 heteroatoms. The normalized spacial score (nSPS) is 11.6. The average Bonchev–Trinajstić information content (AvgIpc) is 3.47. The van der Waals surface area contributed by atoms with Crippen molar-refractivity contribution in [2.45, 2.75) is 0 Å². The smallest absolute Gasteiger partial charge is 0.146 e. The van der Waals surface area contributed by atoms with Crippen LogP contribution in [0.15, 0.2) is 120 Å². The van der Waals surface area contributed by atoms with Gasteiger partial charge in [-0.25, -0.2) is 4.98 Å². The van der Waals surface area contributed by atoms with Gasteiger partial charge in [0.1, 0.15) is 5.82 Å². The lowest BCUT2D eigenvalue weighted by molar-refractivity contribution is 1.10. The van der Waals surface area contributed by atoms with E-state index in [9.17, 15) is 0 Å². The number of hydrogen-bond acceptors (Lipinski definition) is 1. The molecule has 0 aliphatic rings.